The van der Waals surface area contributed by atoms with Crippen molar-refractivity contribution in [3.63, 3.8) is 0 Å². The first-order valence-electron chi connectivity index (χ1n) is 11.0. The van der Waals surface area contributed by atoms with Crippen molar-refractivity contribution in [2.75, 3.05) is 25.6 Å². The van der Waals surface area contributed by atoms with Gasteiger partial charge in [-0.2, -0.15) is 0 Å². The van der Waals surface area contributed by atoms with Crippen LogP contribution in [-0.2, 0) is 16.4 Å². The minimum absolute atomic E-state index is 0.0229. The maximum absolute atomic E-state index is 13.1. The molecule has 8 heteroatoms. The zero-order chi connectivity index (χ0) is 24.3. The molecule has 3 aromatic rings. The lowest BCUT2D eigenvalue weighted by Gasteiger charge is -2.26. The van der Waals surface area contributed by atoms with Crippen LogP contribution in [0.25, 0.3) is 0 Å². The summed E-state index contributed by atoms with van der Waals surface area (Å²) in [6.07, 6.45) is 2.95. The van der Waals surface area contributed by atoms with Gasteiger partial charge >= 0.3 is 0 Å². The summed E-state index contributed by atoms with van der Waals surface area (Å²) in [6, 6.07) is 19.1. The topological polar surface area (TPSA) is 84.9 Å². The molecule has 0 bridgehead atoms. The fraction of sp³-hybridized carbons (Fsp3) is 0.269. The molecule has 0 fully saturated rings. The molecule has 1 aliphatic carbocycles. The first-order chi connectivity index (χ1) is 16.3. The maximum atomic E-state index is 13.1. The molecular formula is C26H28N2O5S. The average molecular weight is 481 g/mol. The second-order valence-corrected chi connectivity index (χ2v) is 10.1. The molecule has 178 valence electrons. The second-order valence-electron chi connectivity index (χ2n) is 8.15. The van der Waals surface area contributed by atoms with Crippen molar-refractivity contribution in [3.8, 4) is 11.5 Å². The van der Waals surface area contributed by atoms with Gasteiger partial charge in [-0.05, 0) is 66.8 Å². The Morgan fingerprint density at radius 1 is 0.971 bits per heavy atom. The number of anilines is 1. The maximum Gasteiger partial charge on any atom is 0.264 e. The third-order valence-electron chi connectivity index (χ3n) is 6.18. The molecule has 0 spiro atoms. The average Bonchev–Trinajstić information content (AvgIpc) is 2.88. The predicted molar refractivity (Wildman–Crippen MR) is 131 cm³/mol. The van der Waals surface area contributed by atoms with Crippen molar-refractivity contribution >= 4 is 21.6 Å². The molecule has 1 atom stereocenters. The number of rotatable bonds is 7. The Hall–Kier alpha value is -3.52. The summed E-state index contributed by atoms with van der Waals surface area (Å²) in [6.45, 7) is 0. The normalized spacial score (nSPS) is 15.2. The van der Waals surface area contributed by atoms with E-state index in [1.807, 2.05) is 12.1 Å². The highest BCUT2D eigenvalue weighted by Gasteiger charge is 2.24. The lowest BCUT2D eigenvalue weighted by molar-refractivity contribution is 0.0932. The van der Waals surface area contributed by atoms with Gasteiger partial charge in [0, 0.05) is 18.7 Å². The number of methoxy groups -OCH3 is 2. The summed E-state index contributed by atoms with van der Waals surface area (Å²) >= 11 is 0. The highest BCUT2D eigenvalue weighted by Crippen LogP contribution is 2.32. The third-order valence-corrected chi connectivity index (χ3v) is 7.96. The van der Waals surface area contributed by atoms with E-state index in [9.17, 15) is 13.2 Å². The molecule has 0 radical (unpaired) electrons. The van der Waals surface area contributed by atoms with Gasteiger partial charge in [-0.1, -0.05) is 24.3 Å². The largest absolute Gasteiger partial charge is 0.493 e. The number of ether oxygens (including phenoxy) is 2. The van der Waals surface area contributed by atoms with E-state index in [1.54, 1.807) is 30.3 Å². The van der Waals surface area contributed by atoms with E-state index in [0.717, 1.165) is 19.3 Å². The molecule has 0 saturated heterocycles. The highest BCUT2D eigenvalue weighted by molar-refractivity contribution is 7.92. The number of carbonyl (C=O) groups is 1. The van der Waals surface area contributed by atoms with Crippen LogP contribution in [0.4, 0.5) is 5.69 Å². The zero-order valence-electron chi connectivity index (χ0n) is 19.4. The van der Waals surface area contributed by atoms with E-state index in [-0.39, 0.29) is 16.8 Å². The van der Waals surface area contributed by atoms with Crippen molar-refractivity contribution in [2.24, 2.45) is 0 Å². The SMILES string of the molecule is COc1ccc(S(=O)(=O)N(C)c2ccc(C(=O)N[C@@H]3CCCc4ccccc43)cc2)cc1OC. The number of amides is 1. The number of sulfonamides is 1. The Morgan fingerprint density at radius 2 is 1.68 bits per heavy atom. The van der Waals surface area contributed by atoms with Gasteiger partial charge in [0.05, 0.1) is 30.8 Å². The van der Waals surface area contributed by atoms with Gasteiger partial charge in [-0.3, -0.25) is 9.10 Å². The molecule has 1 aliphatic rings. The van der Waals surface area contributed by atoms with Crippen LogP contribution < -0.4 is 19.1 Å². The fourth-order valence-corrected chi connectivity index (χ4v) is 5.45. The number of hydrogen-bond acceptors (Lipinski definition) is 5. The minimum atomic E-state index is -3.84. The summed E-state index contributed by atoms with van der Waals surface area (Å²) in [5.74, 6) is 0.590. The van der Waals surface area contributed by atoms with E-state index < -0.39 is 10.0 Å². The molecule has 1 N–H and O–H groups in total. The fourth-order valence-electron chi connectivity index (χ4n) is 4.24. The number of fused-ring (bicyclic) bond motifs is 1. The third kappa shape index (κ3) is 4.59. The van der Waals surface area contributed by atoms with Crippen LogP contribution in [0.5, 0.6) is 11.5 Å². The van der Waals surface area contributed by atoms with Crippen LogP contribution in [0.1, 0.15) is 40.4 Å². The highest BCUT2D eigenvalue weighted by atomic mass is 32.2. The summed E-state index contributed by atoms with van der Waals surface area (Å²) in [5, 5.41) is 3.12. The molecule has 34 heavy (non-hydrogen) atoms. The zero-order valence-corrected chi connectivity index (χ0v) is 20.3. The van der Waals surface area contributed by atoms with E-state index in [2.05, 4.69) is 17.4 Å². The molecule has 0 saturated carbocycles. The van der Waals surface area contributed by atoms with Crippen LogP contribution in [-0.4, -0.2) is 35.6 Å². The van der Waals surface area contributed by atoms with Crippen LogP contribution >= 0.6 is 0 Å². The van der Waals surface area contributed by atoms with E-state index in [4.69, 9.17) is 9.47 Å². The molecule has 7 nitrogen and oxygen atoms in total. The van der Waals surface area contributed by atoms with Gasteiger partial charge in [0.1, 0.15) is 0 Å². The standard InChI is InChI=1S/C26H28N2O5S/c1-28(34(30,31)21-15-16-24(32-2)25(17-21)33-3)20-13-11-19(12-14-20)26(29)27-23-10-6-8-18-7-4-5-9-22(18)23/h4-5,7,9,11-17,23H,6,8,10H2,1-3H3,(H,27,29)/t23-/m1/s1. The van der Waals surface area contributed by atoms with Gasteiger partial charge in [-0.15, -0.1) is 0 Å². The Bertz CT molecular complexity index is 1290. The van der Waals surface area contributed by atoms with Crippen LogP contribution in [0, 0.1) is 0 Å². The van der Waals surface area contributed by atoms with Crippen molar-refractivity contribution in [2.45, 2.75) is 30.2 Å². The molecule has 4 rings (SSSR count). The van der Waals surface area contributed by atoms with Gasteiger partial charge in [0.15, 0.2) is 11.5 Å². The Morgan fingerprint density at radius 3 is 2.38 bits per heavy atom. The van der Waals surface area contributed by atoms with E-state index >= 15 is 0 Å². The Balaban J connectivity index is 1.50. The first-order valence-corrected chi connectivity index (χ1v) is 12.5. The molecule has 0 aromatic heterocycles. The lowest BCUT2D eigenvalue weighted by Crippen LogP contribution is -2.31. The Kier molecular flexibility index (Phi) is 6.79. The predicted octanol–water partition coefficient (Wildman–Crippen LogP) is 4.34. The molecular weight excluding hydrogens is 452 g/mol. The van der Waals surface area contributed by atoms with Gasteiger partial charge < -0.3 is 14.8 Å². The number of aryl methyl sites for hydroxylation is 1. The quantitative estimate of drug-likeness (QED) is 0.544. The lowest BCUT2D eigenvalue weighted by atomic mass is 9.87. The second kappa shape index (κ2) is 9.77. The van der Waals surface area contributed by atoms with Gasteiger partial charge in [0.2, 0.25) is 0 Å². The van der Waals surface area contributed by atoms with Gasteiger partial charge in [0.25, 0.3) is 15.9 Å². The number of benzene rings is 3. The van der Waals surface area contributed by atoms with Crippen LogP contribution in [0.2, 0.25) is 0 Å². The van der Waals surface area contributed by atoms with Crippen molar-refractivity contribution < 1.29 is 22.7 Å². The summed E-state index contributed by atoms with van der Waals surface area (Å²) in [4.78, 5) is 13.0. The first kappa shape index (κ1) is 23.6. The number of nitrogens with zero attached hydrogens (tertiary/aromatic N) is 1. The van der Waals surface area contributed by atoms with E-state index in [0.29, 0.717) is 22.7 Å². The summed E-state index contributed by atoms with van der Waals surface area (Å²) in [7, 11) is 0.572. The molecule has 0 unspecified atom stereocenters. The van der Waals surface area contributed by atoms with Crippen molar-refractivity contribution in [3.05, 3.63) is 83.4 Å². The van der Waals surface area contributed by atoms with E-state index in [1.165, 1.54) is 48.8 Å². The van der Waals surface area contributed by atoms with Crippen LogP contribution in [0.3, 0.4) is 0 Å². The molecule has 0 heterocycles. The van der Waals surface area contributed by atoms with Crippen molar-refractivity contribution in [1.29, 1.82) is 0 Å². The smallest absolute Gasteiger partial charge is 0.264 e. The Labute approximate surface area is 200 Å². The molecule has 0 aliphatic heterocycles. The number of hydrogen-bond donors (Lipinski definition) is 1. The monoisotopic (exact) mass is 480 g/mol. The summed E-state index contributed by atoms with van der Waals surface area (Å²) < 4.78 is 37.9. The molecule has 1 amide bonds. The minimum Gasteiger partial charge on any atom is -0.493 e. The van der Waals surface area contributed by atoms with Crippen LogP contribution in [0.15, 0.2) is 71.6 Å². The summed E-state index contributed by atoms with van der Waals surface area (Å²) in [5.41, 5.74) is 3.36. The number of nitrogens with one attached hydrogen (secondary N) is 1. The van der Waals surface area contributed by atoms with Crippen molar-refractivity contribution in [1.82, 2.24) is 5.32 Å². The molecule has 3 aromatic carbocycles. The number of carbonyl (C=O) groups excluding carboxylic acids is 1. The van der Waals surface area contributed by atoms with Gasteiger partial charge in [-0.25, -0.2) is 8.42 Å².